The lowest BCUT2D eigenvalue weighted by Gasteiger charge is -2.08. The van der Waals surface area contributed by atoms with Crippen molar-refractivity contribution in [1.82, 2.24) is 14.6 Å². The summed E-state index contributed by atoms with van der Waals surface area (Å²) in [4.78, 5) is 4.36. The summed E-state index contributed by atoms with van der Waals surface area (Å²) in [6.45, 7) is 4.70. The number of nitrogens with zero attached hydrogens (tertiary/aromatic N) is 3. The summed E-state index contributed by atoms with van der Waals surface area (Å²) in [6.07, 6.45) is 0.146. The number of hydrogen-bond acceptors (Lipinski definition) is 4. The van der Waals surface area contributed by atoms with Crippen LogP contribution in [0.1, 0.15) is 12.6 Å². The highest BCUT2D eigenvalue weighted by Crippen LogP contribution is 2.07. The first-order valence-corrected chi connectivity index (χ1v) is 5.30. The minimum atomic E-state index is 0.146. The van der Waals surface area contributed by atoms with Crippen LogP contribution in [0.5, 0.6) is 0 Å². The van der Waals surface area contributed by atoms with Crippen molar-refractivity contribution < 1.29 is 4.74 Å². The summed E-state index contributed by atoms with van der Waals surface area (Å²) in [5.74, 6) is 0.637. The Labute approximate surface area is 94.4 Å². The van der Waals surface area contributed by atoms with Gasteiger partial charge in [0.15, 0.2) is 5.65 Å². The molecule has 0 aromatic carbocycles. The standard InChI is InChI=1S/C11H16N4O/c1-8-5-4-6-10-13-11(14-15(8)10)12-7-9(2)16-3/h4-6,9H,7H2,1-3H3,(H,12,14). The van der Waals surface area contributed by atoms with E-state index in [0.717, 1.165) is 11.3 Å². The monoisotopic (exact) mass is 220 g/mol. The number of fused-ring (bicyclic) bond motifs is 1. The molecule has 1 unspecified atom stereocenters. The number of ether oxygens (including phenoxy) is 1. The van der Waals surface area contributed by atoms with Crippen molar-refractivity contribution in [3.8, 4) is 0 Å². The van der Waals surface area contributed by atoms with Crippen LogP contribution >= 0.6 is 0 Å². The van der Waals surface area contributed by atoms with Crippen LogP contribution in [-0.2, 0) is 4.74 Å². The summed E-state index contributed by atoms with van der Waals surface area (Å²) in [5, 5.41) is 7.50. The van der Waals surface area contributed by atoms with Gasteiger partial charge in [-0.2, -0.15) is 4.98 Å². The largest absolute Gasteiger partial charge is 0.380 e. The fourth-order valence-corrected chi connectivity index (χ4v) is 1.43. The number of rotatable bonds is 4. The van der Waals surface area contributed by atoms with E-state index in [-0.39, 0.29) is 6.10 Å². The average molecular weight is 220 g/mol. The van der Waals surface area contributed by atoms with E-state index in [1.54, 1.807) is 7.11 Å². The summed E-state index contributed by atoms with van der Waals surface area (Å²) >= 11 is 0. The van der Waals surface area contributed by atoms with Gasteiger partial charge in [0, 0.05) is 19.3 Å². The van der Waals surface area contributed by atoms with E-state index in [4.69, 9.17) is 4.74 Å². The molecule has 2 heterocycles. The number of pyridine rings is 1. The van der Waals surface area contributed by atoms with Gasteiger partial charge in [0.05, 0.1) is 6.10 Å². The summed E-state index contributed by atoms with van der Waals surface area (Å²) < 4.78 is 6.96. The Bertz CT molecular complexity index is 480. The van der Waals surface area contributed by atoms with E-state index in [9.17, 15) is 0 Å². The Morgan fingerprint density at radius 3 is 3.00 bits per heavy atom. The molecule has 5 heteroatoms. The van der Waals surface area contributed by atoms with Crippen LogP contribution in [0.3, 0.4) is 0 Å². The molecule has 0 aliphatic heterocycles. The SMILES string of the molecule is COC(C)CNc1nc2cccc(C)n2n1. The first kappa shape index (κ1) is 10.9. The lowest BCUT2D eigenvalue weighted by Crippen LogP contribution is -2.18. The van der Waals surface area contributed by atoms with E-state index in [1.165, 1.54) is 0 Å². The normalized spacial score (nSPS) is 12.9. The van der Waals surface area contributed by atoms with Gasteiger partial charge in [-0.1, -0.05) is 6.07 Å². The van der Waals surface area contributed by atoms with Crippen molar-refractivity contribution in [3.05, 3.63) is 23.9 Å². The highest BCUT2D eigenvalue weighted by molar-refractivity contribution is 5.44. The molecule has 5 nitrogen and oxygen atoms in total. The molecule has 1 atom stereocenters. The van der Waals surface area contributed by atoms with Crippen molar-refractivity contribution in [1.29, 1.82) is 0 Å². The molecule has 2 rings (SSSR count). The average Bonchev–Trinajstić information content (AvgIpc) is 2.70. The quantitative estimate of drug-likeness (QED) is 0.848. The summed E-state index contributed by atoms with van der Waals surface area (Å²) in [7, 11) is 1.69. The fraction of sp³-hybridized carbons (Fsp3) is 0.455. The molecule has 0 bridgehead atoms. The smallest absolute Gasteiger partial charge is 0.243 e. The van der Waals surface area contributed by atoms with Crippen LogP contribution in [0, 0.1) is 6.92 Å². The maximum Gasteiger partial charge on any atom is 0.243 e. The van der Waals surface area contributed by atoms with E-state index in [2.05, 4.69) is 15.4 Å². The summed E-state index contributed by atoms with van der Waals surface area (Å²) in [6, 6.07) is 5.91. The van der Waals surface area contributed by atoms with Crippen molar-refractivity contribution in [2.45, 2.75) is 20.0 Å². The zero-order chi connectivity index (χ0) is 11.5. The first-order valence-electron chi connectivity index (χ1n) is 5.30. The number of methoxy groups -OCH3 is 1. The van der Waals surface area contributed by atoms with E-state index >= 15 is 0 Å². The van der Waals surface area contributed by atoms with Crippen molar-refractivity contribution >= 4 is 11.6 Å². The van der Waals surface area contributed by atoms with Gasteiger partial charge in [-0.15, -0.1) is 5.10 Å². The maximum absolute atomic E-state index is 5.14. The van der Waals surface area contributed by atoms with Crippen LogP contribution in [0.4, 0.5) is 5.95 Å². The molecule has 1 N–H and O–H groups in total. The third-order valence-corrected chi connectivity index (χ3v) is 2.50. The lowest BCUT2D eigenvalue weighted by molar-refractivity contribution is 0.128. The molecule has 0 spiro atoms. The van der Waals surface area contributed by atoms with Crippen molar-refractivity contribution in [2.24, 2.45) is 0 Å². The molecule has 16 heavy (non-hydrogen) atoms. The first-order chi connectivity index (χ1) is 7.70. The zero-order valence-electron chi connectivity index (χ0n) is 9.77. The predicted molar refractivity (Wildman–Crippen MR) is 62.7 cm³/mol. The van der Waals surface area contributed by atoms with Crippen LogP contribution in [0.2, 0.25) is 0 Å². The number of anilines is 1. The second-order valence-corrected chi connectivity index (χ2v) is 3.80. The molecule has 0 saturated heterocycles. The second kappa shape index (κ2) is 4.49. The third kappa shape index (κ3) is 2.14. The third-order valence-electron chi connectivity index (χ3n) is 2.50. The van der Waals surface area contributed by atoms with E-state index < -0.39 is 0 Å². The van der Waals surface area contributed by atoms with Crippen molar-refractivity contribution in [2.75, 3.05) is 19.0 Å². The molecule has 86 valence electrons. The molecular weight excluding hydrogens is 204 g/mol. The van der Waals surface area contributed by atoms with Gasteiger partial charge in [-0.3, -0.25) is 0 Å². The molecule has 2 aromatic heterocycles. The number of nitrogens with one attached hydrogen (secondary N) is 1. The topological polar surface area (TPSA) is 51.5 Å². The molecule has 2 aromatic rings. The van der Waals surface area contributed by atoms with Crippen LogP contribution < -0.4 is 5.32 Å². The minimum Gasteiger partial charge on any atom is -0.380 e. The molecular formula is C11H16N4O. The molecule has 0 radical (unpaired) electrons. The Morgan fingerprint density at radius 1 is 1.50 bits per heavy atom. The molecule has 0 aliphatic carbocycles. The minimum absolute atomic E-state index is 0.146. The van der Waals surface area contributed by atoms with E-state index in [1.807, 2.05) is 36.6 Å². The molecule has 0 saturated carbocycles. The molecule has 0 fully saturated rings. The van der Waals surface area contributed by atoms with Gasteiger partial charge < -0.3 is 10.1 Å². The van der Waals surface area contributed by atoms with Crippen LogP contribution in [-0.4, -0.2) is 34.4 Å². The molecule has 0 amide bonds. The van der Waals surface area contributed by atoms with E-state index in [0.29, 0.717) is 12.5 Å². The fourth-order valence-electron chi connectivity index (χ4n) is 1.43. The Hall–Kier alpha value is -1.62. The molecule has 0 aliphatic rings. The lowest BCUT2D eigenvalue weighted by atomic mass is 10.4. The Kier molecular flexibility index (Phi) is 3.05. The van der Waals surface area contributed by atoms with Gasteiger partial charge >= 0.3 is 0 Å². The number of hydrogen-bond donors (Lipinski definition) is 1. The van der Waals surface area contributed by atoms with Crippen LogP contribution in [0.25, 0.3) is 5.65 Å². The van der Waals surface area contributed by atoms with Gasteiger partial charge in [-0.05, 0) is 26.0 Å². The van der Waals surface area contributed by atoms with Gasteiger partial charge in [0.1, 0.15) is 0 Å². The second-order valence-electron chi connectivity index (χ2n) is 3.80. The highest BCUT2D eigenvalue weighted by Gasteiger charge is 2.05. The predicted octanol–water partition coefficient (Wildman–Crippen LogP) is 1.48. The van der Waals surface area contributed by atoms with Crippen LogP contribution in [0.15, 0.2) is 18.2 Å². The number of aromatic nitrogens is 3. The van der Waals surface area contributed by atoms with Gasteiger partial charge in [0.2, 0.25) is 5.95 Å². The van der Waals surface area contributed by atoms with Gasteiger partial charge in [0.25, 0.3) is 0 Å². The Balaban J connectivity index is 2.17. The van der Waals surface area contributed by atoms with Crippen molar-refractivity contribution in [3.63, 3.8) is 0 Å². The van der Waals surface area contributed by atoms with Gasteiger partial charge in [-0.25, -0.2) is 4.52 Å². The highest BCUT2D eigenvalue weighted by atomic mass is 16.5. The zero-order valence-corrected chi connectivity index (χ0v) is 9.77. The Morgan fingerprint density at radius 2 is 2.31 bits per heavy atom. The number of aryl methyl sites for hydroxylation is 1. The summed E-state index contributed by atoms with van der Waals surface area (Å²) in [5.41, 5.74) is 1.92. The maximum atomic E-state index is 5.14.